The van der Waals surface area contributed by atoms with Crippen molar-refractivity contribution < 1.29 is 14.4 Å². The third-order valence-corrected chi connectivity index (χ3v) is 5.69. The van der Waals surface area contributed by atoms with E-state index in [1.807, 2.05) is 65.2 Å². The summed E-state index contributed by atoms with van der Waals surface area (Å²) in [4.78, 5) is 39.0. The molecule has 5 rings (SSSR count). The van der Waals surface area contributed by atoms with E-state index < -0.39 is 0 Å². The van der Waals surface area contributed by atoms with Crippen LogP contribution >= 0.6 is 0 Å². The molecule has 5 heteroatoms. The highest BCUT2D eigenvalue weighted by atomic mass is 16.1. The van der Waals surface area contributed by atoms with Crippen molar-refractivity contribution in [3.63, 3.8) is 0 Å². The molecule has 0 aliphatic carbocycles. The quantitative estimate of drug-likeness (QED) is 0.354. The van der Waals surface area contributed by atoms with Crippen molar-refractivity contribution in [1.82, 2.24) is 8.97 Å². The number of carbonyl (C=O) groups is 3. The minimum atomic E-state index is -0.176. The second-order valence-electron chi connectivity index (χ2n) is 7.72. The minimum Gasteiger partial charge on any atom is -0.317 e. The minimum absolute atomic E-state index is 0.0598. The number of para-hydroxylation sites is 2. The van der Waals surface area contributed by atoms with Gasteiger partial charge in [0.05, 0.1) is 28.8 Å². The standard InChI is InChI=1S/C27H20N2O3/c1-18(30)21-16-24(26(32)20-12-6-3-7-13-20)29-23-15-9-8-14-22(23)28(27(21)29)17-25(31)19-10-4-2-5-11-19/h2-16H,17H2,1H3. The lowest BCUT2D eigenvalue weighted by Crippen LogP contribution is -2.11. The topological polar surface area (TPSA) is 60.5 Å². The molecule has 0 aliphatic rings. The number of aromatic nitrogens is 2. The van der Waals surface area contributed by atoms with Crippen molar-refractivity contribution in [2.24, 2.45) is 0 Å². The summed E-state index contributed by atoms with van der Waals surface area (Å²) in [7, 11) is 0. The molecule has 2 heterocycles. The number of nitrogens with zero attached hydrogens (tertiary/aromatic N) is 2. The lowest BCUT2D eigenvalue weighted by atomic mass is 10.1. The molecular formula is C27H20N2O3. The normalized spacial score (nSPS) is 11.2. The van der Waals surface area contributed by atoms with Gasteiger partial charge in [0.1, 0.15) is 5.65 Å². The molecule has 0 aliphatic heterocycles. The predicted molar refractivity (Wildman–Crippen MR) is 124 cm³/mol. The lowest BCUT2D eigenvalue weighted by Gasteiger charge is -2.06. The van der Waals surface area contributed by atoms with Gasteiger partial charge in [-0.25, -0.2) is 0 Å². The van der Waals surface area contributed by atoms with Crippen molar-refractivity contribution in [3.05, 3.63) is 113 Å². The number of rotatable bonds is 6. The van der Waals surface area contributed by atoms with Crippen LogP contribution in [0.5, 0.6) is 0 Å². The molecule has 0 spiro atoms. The SMILES string of the molecule is CC(=O)c1cc(C(=O)c2ccccc2)n2c3ccccc3n(CC(=O)c3ccccc3)c12. The maximum absolute atomic E-state index is 13.4. The molecule has 0 saturated carbocycles. The number of hydrogen-bond acceptors (Lipinski definition) is 3. The van der Waals surface area contributed by atoms with Crippen molar-refractivity contribution in [3.8, 4) is 0 Å². The Bertz CT molecular complexity index is 1490. The van der Waals surface area contributed by atoms with Crippen LogP contribution in [0.1, 0.15) is 43.7 Å². The van der Waals surface area contributed by atoms with Gasteiger partial charge in [-0.15, -0.1) is 0 Å². The van der Waals surface area contributed by atoms with E-state index in [0.29, 0.717) is 28.0 Å². The van der Waals surface area contributed by atoms with Gasteiger partial charge in [0, 0.05) is 11.1 Å². The summed E-state index contributed by atoms with van der Waals surface area (Å²) in [6.45, 7) is 1.54. The van der Waals surface area contributed by atoms with Gasteiger partial charge in [0.25, 0.3) is 0 Å². The van der Waals surface area contributed by atoms with Gasteiger partial charge < -0.3 is 4.57 Å². The number of Topliss-reactive ketones (excluding diaryl/α,β-unsaturated/α-hetero) is 2. The van der Waals surface area contributed by atoms with Crippen LogP contribution < -0.4 is 0 Å². The molecule has 5 aromatic rings. The summed E-state index contributed by atoms with van der Waals surface area (Å²) in [6, 6.07) is 27.3. The van der Waals surface area contributed by atoms with Gasteiger partial charge in [-0.2, -0.15) is 0 Å². The number of ketones is 3. The Morgan fingerprint density at radius 3 is 1.91 bits per heavy atom. The van der Waals surface area contributed by atoms with Crippen LogP contribution in [0.2, 0.25) is 0 Å². The molecule has 2 aromatic heterocycles. The van der Waals surface area contributed by atoms with E-state index >= 15 is 0 Å². The summed E-state index contributed by atoms with van der Waals surface area (Å²) < 4.78 is 3.64. The molecule has 0 fully saturated rings. The largest absolute Gasteiger partial charge is 0.317 e. The Balaban J connectivity index is 1.77. The predicted octanol–water partition coefficient (Wildman–Crippen LogP) is 5.21. The summed E-state index contributed by atoms with van der Waals surface area (Å²) in [5, 5.41) is 0. The molecule has 156 valence electrons. The zero-order valence-corrected chi connectivity index (χ0v) is 17.5. The zero-order valence-electron chi connectivity index (χ0n) is 17.5. The fourth-order valence-corrected chi connectivity index (χ4v) is 4.19. The van der Waals surface area contributed by atoms with Crippen molar-refractivity contribution in [2.45, 2.75) is 13.5 Å². The van der Waals surface area contributed by atoms with Crippen molar-refractivity contribution in [1.29, 1.82) is 0 Å². The average Bonchev–Trinajstić information content (AvgIpc) is 3.37. The smallest absolute Gasteiger partial charge is 0.209 e. The molecule has 0 bridgehead atoms. The summed E-state index contributed by atoms with van der Waals surface area (Å²) in [6.07, 6.45) is 0. The van der Waals surface area contributed by atoms with Crippen LogP contribution in [-0.2, 0) is 6.54 Å². The first-order valence-electron chi connectivity index (χ1n) is 10.4. The highest BCUT2D eigenvalue weighted by Gasteiger charge is 2.25. The Labute approximate surface area is 184 Å². The Morgan fingerprint density at radius 1 is 0.719 bits per heavy atom. The number of hydrogen-bond donors (Lipinski definition) is 0. The van der Waals surface area contributed by atoms with Gasteiger partial charge in [0.2, 0.25) is 5.78 Å². The van der Waals surface area contributed by atoms with Crippen molar-refractivity contribution in [2.75, 3.05) is 0 Å². The van der Waals surface area contributed by atoms with E-state index in [4.69, 9.17) is 0 Å². The molecule has 0 radical (unpaired) electrons. The molecule has 0 amide bonds. The van der Waals surface area contributed by atoms with E-state index in [1.165, 1.54) is 6.92 Å². The Hall–Kier alpha value is -4.25. The fraction of sp³-hybridized carbons (Fsp3) is 0.0741. The first-order chi connectivity index (χ1) is 15.6. The lowest BCUT2D eigenvalue weighted by molar-refractivity contribution is 0.0970. The molecule has 5 nitrogen and oxygen atoms in total. The summed E-state index contributed by atoms with van der Waals surface area (Å²) >= 11 is 0. The molecule has 0 saturated heterocycles. The van der Waals surface area contributed by atoms with E-state index in [2.05, 4.69) is 0 Å². The number of fused-ring (bicyclic) bond motifs is 3. The molecular weight excluding hydrogens is 400 g/mol. The first kappa shape index (κ1) is 19.7. The number of imidazole rings is 1. The maximum atomic E-state index is 13.4. The molecule has 0 atom stereocenters. The van der Waals surface area contributed by atoms with Gasteiger partial charge in [-0.3, -0.25) is 18.8 Å². The average molecular weight is 420 g/mol. The Morgan fingerprint density at radius 2 is 1.28 bits per heavy atom. The second kappa shape index (κ2) is 7.78. The van der Waals surface area contributed by atoms with Crippen molar-refractivity contribution >= 4 is 34.0 Å². The molecule has 3 aromatic carbocycles. The third kappa shape index (κ3) is 3.15. The van der Waals surface area contributed by atoms with Crippen LogP contribution in [0, 0.1) is 0 Å². The first-order valence-corrected chi connectivity index (χ1v) is 10.4. The van der Waals surface area contributed by atoms with E-state index in [0.717, 1.165) is 11.0 Å². The third-order valence-electron chi connectivity index (χ3n) is 5.69. The Kier molecular flexibility index (Phi) is 4.79. The second-order valence-corrected chi connectivity index (χ2v) is 7.72. The van der Waals surface area contributed by atoms with Gasteiger partial charge in [-0.1, -0.05) is 72.8 Å². The number of benzene rings is 3. The van der Waals surface area contributed by atoms with Gasteiger partial charge >= 0.3 is 0 Å². The maximum Gasteiger partial charge on any atom is 0.209 e. The van der Waals surface area contributed by atoms with Crippen LogP contribution in [-0.4, -0.2) is 26.3 Å². The highest BCUT2D eigenvalue weighted by molar-refractivity contribution is 6.13. The summed E-state index contributed by atoms with van der Waals surface area (Å²) in [5.41, 5.74) is 4.08. The van der Waals surface area contributed by atoms with E-state index in [-0.39, 0.29) is 23.9 Å². The van der Waals surface area contributed by atoms with E-state index in [9.17, 15) is 14.4 Å². The van der Waals surface area contributed by atoms with Crippen LogP contribution in [0.25, 0.3) is 16.7 Å². The number of carbonyl (C=O) groups excluding carboxylic acids is 3. The van der Waals surface area contributed by atoms with Gasteiger partial charge in [0.15, 0.2) is 11.6 Å². The monoisotopic (exact) mass is 420 g/mol. The van der Waals surface area contributed by atoms with Gasteiger partial charge in [-0.05, 0) is 25.1 Å². The fourth-order valence-electron chi connectivity index (χ4n) is 4.19. The van der Waals surface area contributed by atoms with Crippen LogP contribution in [0.4, 0.5) is 0 Å². The van der Waals surface area contributed by atoms with Crippen LogP contribution in [0.3, 0.4) is 0 Å². The van der Waals surface area contributed by atoms with Crippen LogP contribution in [0.15, 0.2) is 91.0 Å². The van der Waals surface area contributed by atoms with E-state index in [1.54, 1.807) is 34.7 Å². The molecule has 32 heavy (non-hydrogen) atoms. The zero-order chi connectivity index (χ0) is 22.2. The highest BCUT2D eigenvalue weighted by Crippen LogP contribution is 2.29. The summed E-state index contributed by atoms with van der Waals surface area (Å²) in [5.74, 6) is -0.406. The molecule has 0 N–H and O–H groups in total. The molecule has 0 unspecified atom stereocenters.